The van der Waals surface area contributed by atoms with Gasteiger partial charge in [-0.05, 0) is 37.7 Å². The van der Waals surface area contributed by atoms with Crippen molar-refractivity contribution in [3.8, 4) is 5.75 Å². The van der Waals surface area contributed by atoms with Crippen molar-refractivity contribution >= 4 is 29.5 Å². The van der Waals surface area contributed by atoms with Crippen LogP contribution in [0.1, 0.15) is 31.7 Å². The maximum absolute atomic E-state index is 12.7. The highest BCUT2D eigenvalue weighted by Crippen LogP contribution is 2.43. The van der Waals surface area contributed by atoms with Crippen molar-refractivity contribution in [2.45, 2.75) is 31.7 Å². The first-order valence-corrected chi connectivity index (χ1v) is 10.8. The number of rotatable bonds is 5. The van der Waals surface area contributed by atoms with E-state index in [9.17, 15) is 9.36 Å². The second-order valence-electron chi connectivity index (χ2n) is 7.19. The first kappa shape index (κ1) is 18.2. The molecule has 27 heavy (non-hydrogen) atoms. The minimum absolute atomic E-state index is 0.00446. The lowest BCUT2D eigenvalue weighted by molar-refractivity contribution is 0.364. The number of ether oxygens (including phenoxy) is 1. The molecule has 1 fully saturated rings. The molecule has 8 nitrogen and oxygen atoms in total. The fourth-order valence-corrected chi connectivity index (χ4v) is 4.92. The van der Waals surface area contributed by atoms with Gasteiger partial charge in [0.15, 0.2) is 0 Å². The zero-order valence-electron chi connectivity index (χ0n) is 15.0. The van der Waals surface area contributed by atoms with Crippen LogP contribution in [0.3, 0.4) is 0 Å². The molecule has 0 bridgehead atoms. The van der Waals surface area contributed by atoms with Gasteiger partial charge in [0, 0.05) is 11.4 Å². The van der Waals surface area contributed by atoms with E-state index >= 15 is 0 Å². The van der Waals surface area contributed by atoms with E-state index in [1.807, 2.05) is 18.2 Å². The van der Waals surface area contributed by atoms with Crippen LogP contribution in [0, 0.1) is 5.92 Å². The number of hydrogen-bond donors (Lipinski definition) is 3. The van der Waals surface area contributed by atoms with Crippen molar-refractivity contribution in [2.75, 3.05) is 13.3 Å². The van der Waals surface area contributed by atoms with E-state index in [-0.39, 0.29) is 23.8 Å². The van der Waals surface area contributed by atoms with Crippen molar-refractivity contribution in [1.82, 2.24) is 14.5 Å². The van der Waals surface area contributed by atoms with Crippen molar-refractivity contribution in [3.63, 3.8) is 0 Å². The predicted molar refractivity (Wildman–Crippen MR) is 102 cm³/mol. The Labute approximate surface area is 155 Å². The summed E-state index contributed by atoms with van der Waals surface area (Å²) in [4.78, 5) is 38.2. The second kappa shape index (κ2) is 6.78. The van der Waals surface area contributed by atoms with Crippen LogP contribution >= 0.6 is 7.60 Å². The highest BCUT2D eigenvalue weighted by atomic mass is 31.2. The van der Waals surface area contributed by atoms with Gasteiger partial charge in [0.2, 0.25) is 0 Å². The molecular formula is C18H22N3O5P. The van der Waals surface area contributed by atoms with Crippen LogP contribution in [-0.4, -0.2) is 37.6 Å². The number of nitrogens with zero attached hydrogens (tertiary/aromatic N) is 2. The molecule has 1 aliphatic carbocycles. The molecule has 3 aromatic rings. The van der Waals surface area contributed by atoms with Crippen LogP contribution in [0.15, 0.2) is 29.2 Å². The van der Waals surface area contributed by atoms with Gasteiger partial charge in [-0.3, -0.25) is 14.1 Å². The SMILES string of the molecule is COc1cccc2c1ncc1[nH]c(=O)n([C@H]3CC[C@@H](CCP(=O)(O)O)C3)c12. The van der Waals surface area contributed by atoms with Crippen LogP contribution in [0.2, 0.25) is 0 Å². The lowest BCUT2D eigenvalue weighted by Gasteiger charge is -2.15. The number of hydrogen-bond acceptors (Lipinski definition) is 4. The van der Waals surface area contributed by atoms with Gasteiger partial charge in [-0.25, -0.2) is 4.79 Å². The van der Waals surface area contributed by atoms with Crippen LogP contribution < -0.4 is 10.4 Å². The van der Waals surface area contributed by atoms with Crippen molar-refractivity contribution in [1.29, 1.82) is 0 Å². The van der Waals surface area contributed by atoms with E-state index in [0.29, 0.717) is 23.2 Å². The minimum atomic E-state index is -3.99. The number of aromatic amines is 1. The second-order valence-corrected chi connectivity index (χ2v) is 8.96. The molecule has 2 atom stereocenters. The summed E-state index contributed by atoms with van der Waals surface area (Å²) >= 11 is 0. The number of aromatic nitrogens is 3. The smallest absolute Gasteiger partial charge is 0.326 e. The first-order valence-electron chi connectivity index (χ1n) is 8.98. The van der Waals surface area contributed by atoms with Crippen LogP contribution in [-0.2, 0) is 4.57 Å². The van der Waals surface area contributed by atoms with E-state index in [2.05, 4.69) is 9.97 Å². The molecule has 2 heterocycles. The summed E-state index contributed by atoms with van der Waals surface area (Å²) in [6.45, 7) is 0. The third-order valence-corrected chi connectivity index (χ3v) is 6.30. The van der Waals surface area contributed by atoms with Crippen molar-refractivity contribution in [2.24, 2.45) is 5.92 Å². The number of H-pyrrole nitrogens is 1. The molecule has 2 aromatic heterocycles. The number of fused-ring (bicyclic) bond motifs is 3. The average Bonchev–Trinajstić information content (AvgIpc) is 3.21. The van der Waals surface area contributed by atoms with E-state index in [1.165, 1.54) is 0 Å². The highest BCUT2D eigenvalue weighted by molar-refractivity contribution is 7.51. The summed E-state index contributed by atoms with van der Waals surface area (Å²) in [5.74, 6) is 0.864. The molecule has 1 saturated carbocycles. The van der Waals surface area contributed by atoms with Gasteiger partial charge in [-0.15, -0.1) is 0 Å². The van der Waals surface area contributed by atoms with E-state index in [4.69, 9.17) is 14.5 Å². The molecule has 0 spiro atoms. The Morgan fingerprint density at radius 2 is 2.19 bits per heavy atom. The molecule has 0 saturated heterocycles. The van der Waals surface area contributed by atoms with Gasteiger partial charge in [-0.2, -0.15) is 0 Å². The van der Waals surface area contributed by atoms with Gasteiger partial charge in [0.1, 0.15) is 11.3 Å². The Kier molecular flexibility index (Phi) is 4.58. The number of para-hydroxylation sites is 1. The third kappa shape index (κ3) is 3.40. The summed E-state index contributed by atoms with van der Waals surface area (Å²) in [5, 5.41) is 0.851. The Hall–Kier alpha value is -2.15. The van der Waals surface area contributed by atoms with Gasteiger partial charge < -0.3 is 19.5 Å². The lowest BCUT2D eigenvalue weighted by Crippen LogP contribution is -2.21. The largest absolute Gasteiger partial charge is 0.494 e. The maximum atomic E-state index is 12.7. The number of benzene rings is 1. The Balaban J connectivity index is 1.74. The van der Waals surface area contributed by atoms with Gasteiger partial charge in [0.05, 0.1) is 30.5 Å². The van der Waals surface area contributed by atoms with Crippen LogP contribution in [0.4, 0.5) is 0 Å². The summed E-state index contributed by atoms with van der Waals surface area (Å²) in [6, 6.07) is 5.65. The number of methoxy groups -OCH3 is 1. The molecule has 0 aliphatic heterocycles. The Bertz CT molecular complexity index is 1100. The molecule has 1 aliphatic rings. The minimum Gasteiger partial charge on any atom is -0.494 e. The Morgan fingerprint density at radius 3 is 2.93 bits per heavy atom. The molecule has 144 valence electrons. The fraction of sp³-hybridized carbons (Fsp3) is 0.444. The van der Waals surface area contributed by atoms with Gasteiger partial charge >= 0.3 is 13.3 Å². The Morgan fingerprint density at radius 1 is 1.37 bits per heavy atom. The molecule has 1 aromatic carbocycles. The number of imidazole rings is 1. The van der Waals surface area contributed by atoms with Gasteiger partial charge in [-0.1, -0.05) is 12.1 Å². The van der Waals surface area contributed by atoms with Crippen molar-refractivity contribution in [3.05, 3.63) is 34.9 Å². The van der Waals surface area contributed by atoms with E-state index in [0.717, 1.165) is 30.2 Å². The molecule has 0 unspecified atom stereocenters. The maximum Gasteiger partial charge on any atom is 0.326 e. The number of pyridine rings is 1. The highest BCUT2D eigenvalue weighted by Gasteiger charge is 2.30. The quantitative estimate of drug-likeness (QED) is 0.576. The van der Waals surface area contributed by atoms with Crippen LogP contribution in [0.25, 0.3) is 21.9 Å². The van der Waals surface area contributed by atoms with E-state index < -0.39 is 7.60 Å². The fourth-order valence-electron chi connectivity index (χ4n) is 4.22. The topological polar surface area (TPSA) is 117 Å². The predicted octanol–water partition coefficient (Wildman–Crippen LogP) is 2.80. The van der Waals surface area contributed by atoms with E-state index in [1.54, 1.807) is 17.9 Å². The molecule has 0 radical (unpaired) electrons. The summed E-state index contributed by atoms with van der Waals surface area (Å²) in [6.07, 6.45) is 4.44. The summed E-state index contributed by atoms with van der Waals surface area (Å²) < 4.78 is 18.3. The third-order valence-electron chi connectivity index (χ3n) is 5.46. The first-order chi connectivity index (χ1) is 12.9. The lowest BCUT2D eigenvalue weighted by atomic mass is 10.1. The van der Waals surface area contributed by atoms with Crippen molar-refractivity contribution < 1.29 is 19.1 Å². The monoisotopic (exact) mass is 391 g/mol. The average molecular weight is 391 g/mol. The summed E-state index contributed by atoms with van der Waals surface area (Å²) in [5.41, 5.74) is 2.02. The molecule has 3 N–H and O–H groups in total. The zero-order valence-corrected chi connectivity index (χ0v) is 15.9. The van der Waals surface area contributed by atoms with Crippen LogP contribution in [0.5, 0.6) is 5.75 Å². The summed E-state index contributed by atoms with van der Waals surface area (Å²) in [7, 11) is -2.39. The molecule has 4 rings (SSSR count). The molecule has 0 amide bonds. The normalized spacial score (nSPS) is 20.6. The molecule has 9 heteroatoms. The standard InChI is InChI=1S/C18H22N3O5P/c1-26-15-4-2-3-13-16(15)19-10-14-17(13)21(18(22)20-14)12-6-5-11(9-12)7-8-27(23,24)25/h2-4,10-12H,5-9H2,1H3,(H,20,22)(H2,23,24,25)/t11-,12-/m0/s1. The number of nitrogens with one attached hydrogen (secondary N) is 1. The van der Waals surface area contributed by atoms with Gasteiger partial charge in [0.25, 0.3) is 0 Å². The zero-order chi connectivity index (χ0) is 19.2. The molecular weight excluding hydrogens is 369 g/mol.